The molecule has 3 heteroatoms. The largest absolute Gasteiger partial charge is 0.275 e. The molecule has 1 saturated carbocycles. The van der Waals surface area contributed by atoms with E-state index in [-0.39, 0.29) is 41.5 Å². The summed E-state index contributed by atoms with van der Waals surface area (Å²) < 4.78 is 0. The molecule has 1 saturated heterocycles. The summed E-state index contributed by atoms with van der Waals surface area (Å²) in [6.45, 7) is 1.95. The number of nitrogens with zero attached hydrogens (tertiary/aromatic N) is 1. The van der Waals surface area contributed by atoms with Crippen LogP contribution in [0, 0.1) is 23.7 Å². The molecule has 1 aromatic carbocycles. The molecule has 2 aliphatic carbocycles. The van der Waals surface area contributed by atoms with Crippen LogP contribution in [0.3, 0.4) is 0 Å². The minimum absolute atomic E-state index is 0.0354. The molecule has 4 rings (SSSR count). The molecule has 3 aliphatic rings. The van der Waals surface area contributed by atoms with Crippen molar-refractivity contribution in [2.45, 2.75) is 19.4 Å². The highest BCUT2D eigenvalue weighted by Gasteiger charge is 2.60. The first-order valence-electron chi connectivity index (χ1n) is 7.28. The van der Waals surface area contributed by atoms with Crippen molar-refractivity contribution in [2.24, 2.45) is 23.7 Å². The third-order valence-electron chi connectivity index (χ3n) is 5.17. The molecular weight excluding hydrogens is 250 g/mol. The van der Waals surface area contributed by atoms with Crippen LogP contribution >= 0.6 is 0 Å². The van der Waals surface area contributed by atoms with Gasteiger partial charge in [-0.1, -0.05) is 42.5 Å². The topological polar surface area (TPSA) is 37.4 Å². The molecule has 2 fully saturated rings. The molecule has 1 heterocycles. The molecule has 0 N–H and O–H groups in total. The lowest BCUT2D eigenvalue weighted by atomic mass is 9.85. The molecule has 3 nitrogen and oxygen atoms in total. The lowest BCUT2D eigenvalue weighted by Crippen LogP contribution is -2.35. The highest BCUT2D eigenvalue weighted by molar-refractivity contribution is 6.06. The van der Waals surface area contributed by atoms with E-state index in [0.717, 1.165) is 12.0 Å². The van der Waals surface area contributed by atoms with Gasteiger partial charge >= 0.3 is 0 Å². The van der Waals surface area contributed by atoms with Crippen LogP contribution in [0.5, 0.6) is 0 Å². The van der Waals surface area contributed by atoms with Crippen molar-refractivity contribution >= 4 is 11.8 Å². The maximum absolute atomic E-state index is 12.7. The standard InChI is InChI=1S/C17H17NO2/c1-10(11-5-3-2-4-6-11)18-16(19)14-12-7-8-13(9-12)15(14)17(18)20/h2-8,10,12-15H,9H2,1H3/t10-,12-,13+,14?,15?/m0/s1. The Morgan fingerprint density at radius 3 is 2.10 bits per heavy atom. The Morgan fingerprint density at radius 1 is 1.00 bits per heavy atom. The summed E-state index contributed by atoms with van der Waals surface area (Å²) in [7, 11) is 0. The van der Waals surface area contributed by atoms with E-state index in [9.17, 15) is 9.59 Å². The smallest absolute Gasteiger partial charge is 0.234 e. The molecule has 102 valence electrons. The van der Waals surface area contributed by atoms with Crippen LogP contribution in [0.2, 0.25) is 0 Å². The molecule has 2 unspecified atom stereocenters. The average molecular weight is 267 g/mol. The molecule has 1 aliphatic heterocycles. The van der Waals surface area contributed by atoms with E-state index in [1.54, 1.807) is 0 Å². The Bertz CT molecular complexity index is 577. The van der Waals surface area contributed by atoms with Crippen LogP contribution in [0.4, 0.5) is 0 Å². The highest BCUT2D eigenvalue weighted by atomic mass is 16.2. The number of imide groups is 1. The number of hydrogen-bond donors (Lipinski definition) is 0. The van der Waals surface area contributed by atoms with Crippen molar-refractivity contribution in [3.05, 3.63) is 48.0 Å². The number of carbonyl (C=O) groups excluding carboxylic acids is 2. The average Bonchev–Trinajstić information content (AvgIpc) is 3.14. The quantitative estimate of drug-likeness (QED) is 0.610. The first-order valence-corrected chi connectivity index (χ1v) is 7.28. The minimum atomic E-state index is -0.166. The summed E-state index contributed by atoms with van der Waals surface area (Å²) in [5, 5.41) is 0. The van der Waals surface area contributed by atoms with E-state index in [0.29, 0.717) is 0 Å². The van der Waals surface area contributed by atoms with Crippen molar-refractivity contribution in [1.82, 2.24) is 4.90 Å². The summed E-state index contributed by atoms with van der Waals surface area (Å²) in [6, 6.07) is 9.63. The van der Waals surface area contributed by atoms with Crippen molar-refractivity contribution in [3.63, 3.8) is 0 Å². The maximum Gasteiger partial charge on any atom is 0.234 e. The second-order valence-corrected chi connectivity index (χ2v) is 6.13. The van der Waals surface area contributed by atoms with Gasteiger partial charge in [0, 0.05) is 0 Å². The second-order valence-electron chi connectivity index (χ2n) is 6.13. The van der Waals surface area contributed by atoms with Crippen LogP contribution in [0.15, 0.2) is 42.5 Å². The van der Waals surface area contributed by atoms with Gasteiger partial charge in [-0.05, 0) is 30.7 Å². The SMILES string of the molecule is C[C@@H](c1ccccc1)N1C(=O)C2C(C1=O)[C@H]1C=C[C@@H]2C1. The van der Waals surface area contributed by atoms with E-state index in [1.807, 2.05) is 37.3 Å². The Labute approximate surface area is 118 Å². The van der Waals surface area contributed by atoms with Gasteiger partial charge in [0.05, 0.1) is 17.9 Å². The van der Waals surface area contributed by atoms with Crippen LogP contribution < -0.4 is 0 Å². The predicted octanol–water partition coefficient (Wildman–Crippen LogP) is 2.55. The maximum atomic E-state index is 12.7. The van der Waals surface area contributed by atoms with Crippen LogP contribution in [-0.4, -0.2) is 16.7 Å². The molecule has 2 bridgehead atoms. The summed E-state index contributed by atoms with van der Waals surface area (Å²) in [6.07, 6.45) is 5.25. The highest BCUT2D eigenvalue weighted by Crippen LogP contribution is 2.53. The zero-order valence-electron chi connectivity index (χ0n) is 11.4. The van der Waals surface area contributed by atoms with Gasteiger partial charge in [0.1, 0.15) is 0 Å². The van der Waals surface area contributed by atoms with Crippen molar-refractivity contribution in [3.8, 4) is 0 Å². The zero-order valence-corrected chi connectivity index (χ0v) is 11.4. The van der Waals surface area contributed by atoms with Crippen LogP contribution in [0.1, 0.15) is 24.9 Å². The molecule has 5 atom stereocenters. The lowest BCUT2D eigenvalue weighted by molar-refractivity contribution is -0.143. The number of hydrogen-bond acceptors (Lipinski definition) is 2. The van der Waals surface area contributed by atoms with Crippen LogP contribution in [-0.2, 0) is 9.59 Å². The van der Waals surface area contributed by atoms with Gasteiger partial charge in [0.25, 0.3) is 0 Å². The van der Waals surface area contributed by atoms with Gasteiger partial charge < -0.3 is 0 Å². The Balaban J connectivity index is 1.68. The summed E-state index contributed by atoms with van der Waals surface area (Å²) >= 11 is 0. The van der Waals surface area contributed by atoms with Gasteiger partial charge in [-0.2, -0.15) is 0 Å². The third-order valence-corrected chi connectivity index (χ3v) is 5.17. The van der Waals surface area contributed by atoms with Crippen molar-refractivity contribution in [2.75, 3.05) is 0 Å². The van der Waals surface area contributed by atoms with Gasteiger partial charge in [0.15, 0.2) is 0 Å². The number of allylic oxidation sites excluding steroid dienone is 2. The number of carbonyl (C=O) groups is 2. The molecule has 1 aromatic rings. The molecule has 0 spiro atoms. The van der Waals surface area contributed by atoms with E-state index >= 15 is 0 Å². The Hall–Kier alpha value is -1.90. The third kappa shape index (κ3) is 1.41. The van der Waals surface area contributed by atoms with E-state index in [4.69, 9.17) is 0 Å². The first-order chi connectivity index (χ1) is 9.68. The predicted molar refractivity (Wildman–Crippen MR) is 74.4 cm³/mol. The number of likely N-dealkylation sites (tertiary alicyclic amines) is 1. The van der Waals surface area contributed by atoms with Crippen molar-refractivity contribution < 1.29 is 9.59 Å². The number of benzene rings is 1. The fraction of sp³-hybridized carbons (Fsp3) is 0.412. The number of amides is 2. The van der Waals surface area contributed by atoms with E-state index in [2.05, 4.69) is 12.2 Å². The van der Waals surface area contributed by atoms with Crippen LogP contribution in [0.25, 0.3) is 0 Å². The summed E-state index contributed by atoms with van der Waals surface area (Å²) in [5.74, 6) is 0.456. The number of fused-ring (bicyclic) bond motifs is 5. The first kappa shape index (κ1) is 11.9. The van der Waals surface area contributed by atoms with Gasteiger partial charge in [-0.3, -0.25) is 14.5 Å². The monoisotopic (exact) mass is 267 g/mol. The molecule has 2 amide bonds. The van der Waals surface area contributed by atoms with Gasteiger partial charge in [-0.15, -0.1) is 0 Å². The van der Waals surface area contributed by atoms with Gasteiger partial charge in [0.2, 0.25) is 11.8 Å². The Kier molecular flexibility index (Phi) is 2.40. The Morgan fingerprint density at radius 2 is 1.55 bits per heavy atom. The molecule has 20 heavy (non-hydrogen) atoms. The minimum Gasteiger partial charge on any atom is -0.275 e. The van der Waals surface area contributed by atoms with Crippen molar-refractivity contribution in [1.29, 1.82) is 0 Å². The molecule has 0 aromatic heterocycles. The fourth-order valence-corrected chi connectivity index (χ4v) is 4.19. The second kappa shape index (κ2) is 4.05. The normalized spacial score (nSPS) is 35.8. The molecule has 0 radical (unpaired) electrons. The summed E-state index contributed by atoms with van der Waals surface area (Å²) in [5.41, 5.74) is 1.02. The number of rotatable bonds is 2. The van der Waals surface area contributed by atoms with E-state index < -0.39 is 0 Å². The molecular formula is C17H17NO2. The lowest BCUT2D eigenvalue weighted by Gasteiger charge is -2.24. The van der Waals surface area contributed by atoms with Gasteiger partial charge in [-0.25, -0.2) is 0 Å². The fourth-order valence-electron chi connectivity index (χ4n) is 4.19. The zero-order chi connectivity index (χ0) is 13.9. The van der Waals surface area contributed by atoms with E-state index in [1.165, 1.54) is 4.90 Å². The summed E-state index contributed by atoms with van der Waals surface area (Å²) in [4.78, 5) is 26.9.